The minimum absolute atomic E-state index is 0.00595. The van der Waals surface area contributed by atoms with Gasteiger partial charge in [0, 0.05) is 50.0 Å². The van der Waals surface area contributed by atoms with Gasteiger partial charge in [-0.3, -0.25) is 0 Å². The molecule has 0 amide bonds. The van der Waals surface area contributed by atoms with Crippen molar-refractivity contribution in [3.05, 3.63) is 170 Å². The highest BCUT2D eigenvalue weighted by Crippen LogP contribution is 2.38. The van der Waals surface area contributed by atoms with Crippen molar-refractivity contribution in [2.75, 3.05) is 0 Å². The Bertz CT molecular complexity index is 3200. The third-order valence-corrected chi connectivity index (χ3v) is 8.90. The second kappa shape index (κ2) is 11.4. The lowest BCUT2D eigenvalue weighted by Gasteiger charge is -2.10. The first-order valence-electron chi connectivity index (χ1n) is 19.6. The van der Waals surface area contributed by atoms with Crippen molar-refractivity contribution < 1.29 is 14.0 Å². The average molecular weight is 648 g/mol. The molecule has 0 saturated heterocycles. The average Bonchev–Trinajstić information content (AvgIpc) is 3.81. The summed E-state index contributed by atoms with van der Waals surface area (Å²) in [7, 11) is 0. The monoisotopic (exact) mass is 647 g/mol. The molecule has 3 heterocycles. The highest BCUT2D eigenvalue weighted by molar-refractivity contribution is 6.11. The number of para-hydroxylation sites is 1. The van der Waals surface area contributed by atoms with Gasteiger partial charge in [-0.1, -0.05) is 127 Å². The van der Waals surface area contributed by atoms with Crippen LogP contribution in [0.5, 0.6) is 0 Å². The summed E-state index contributed by atoms with van der Waals surface area (Å²) in [6.45, 7) is 0. The molecule has 0 bridgehead atoms. The number of hydrogen-bond acceptors (Lipinski definition) is 4. The molecule has 0 N–H and O–H groups in total. The second-order valence-corrected chi connectivity index (χ2v) is 11.9. The Hall–Kier alpha value is -6.85. The fraction of sp³-hybridized carbons (Fsp3) is 0. The summed E-state index contributed by atoms with van der Waals surface area (Å²) < 4.78 is 71.9. The maximum Gasteiger partial charge on any atom is 0.164 e. The van der Waals surface area contributed by atoms with Crippen LogP contribution in [0.3, 0.4) is 0 Å². The molecule has 0 aliphatic rings. The van der Waals surface area contributed by atoms with Crippen molar-refractivity contribution in [3.63, 3.8) is 0 Å². The molecule has 234 valence electrons. The van der Waals surface area contributed by atoms with Gasteiger partial charge in [0.05, 0.1) is 20.6 Å². The predicted molar refractivity (Wildman–Crippen MR) is 203 cm³/mol. The quantitative estimate of drug-likeness (QED) is 0.186. The summed E-state index contributed by atoms with van der Waals surface area (Å²) in [6.07, 6.45) is 0. The van der Waals surface area contributed by atoms with Gasteiger partial charge in [-0.2, -0.15) is 0 Å². The molecule has 0 radical (unpaired) electrons. The van der Waals surface area contributed by atoms with Gasteiger partial charge in [0.25, 0.3) is 0 Å². The van der Waals surface area contributed by atoms with Crippen molar-refractivity contribution in [1.82, 2.24) is 19.5 Å². The van der Waals surface area contributed by atoms with E-state index < -0.39 is 12.1 Å². The van der Waals surface area contributed by atoms with Crippen molar-refractivity contribution in [2.24, 2.45) is 0 Å². The highest BCUT2D eigenvalue weighted by atomic mass is 16.3. The molecule has 50 heavy (non-hydrogen) atoms. The fourth-order valence-electron chi connectivity index (χ4n) is 6.52. The van der Waals surface area contributed by atoms with Crippen LogP contribution in [0.2, 0.25) is 0 Å². The van der Waals surface area contributed by atoms with E-state index >= 15 is 0 Å². The van der Waals surface area contributed by atoms with Crippen LogP contribution in [0.1, 0.15) is 9.60 Å². The molecule has 0 unspecified atom stereocenters. The SMILES string of the molecule is [2H]c1c([2H])c([2H])c2c(c1[2H])c1c([2H])c([2H])c(-c3nc(-c4ccccc4)nc(-c4ccccc4)n3)c([2H])c1n2-c1ccc2c(c1)oc1ccc(-c3ccccc3)cc12. The molecule has 5 heteroatoms. The lowest BCUT2D eigenvalue weighted by molar-refractivity contribution is 0.668. The number of furan rings is 1. The van der Waals surface area contributed by atoms with Crippen molar-refractivity contribution >= 4 is 43.7 Å². The van der Waals surface area contributed by atoms with Crippen molar-refractivity contribution in [3.8, 4) is 51.0 Å². The zero-order valence-corrected chi connectivity index (χ0v) is 26.3. The molecule has 0 spiro atoms. The Morgan fingerprint density at radius 1 is 0.440 bits per heavy atom. The first-order valence-corrected chi connectivity index (χ1v) is 16.1. The number of rotatable bonds is 5. The largest absolute Gasteiger partial charge is 0.456 e. The maximum atomic E-state index is 9.83. The molecule has 0 saturated carbocycles. The number of aromatic nitrogens is 4. The normalized spacial score (nSPS) is 13.6. The van der Waals surface area contributed by atoms with Crippen molar-refractivity contribution in [1.29, 1.82) is 0 Å². The van der Waals surface area contributed by atoms with E-state index in [0.29, 0.717) is 39.6 Å². The molecule has 3 aromatic heterocycles. The van der Waals surface area contributed by atoms with Gasteiger partial charge in [-0.05, 0) is 47.5 Å². The smallest absolute Gasteiger partial charge is 0.164 e. The molecule has 10 rings (SSSR count). The van der Waals surface area contributed by atoms with Crippen LogP contribution in [0, 0.1) is 0 Å². The van der Waals surface area contributed by atoms with Crippen LogP contribution in [0.15, 0.2) is 174 Å². The molecular weight excluding hydrogens is 613 g/mol. The molecule has 5 nitrogen and oxygen atoms in total. The Balaban J connectivity index is 1.28. The molecule has 0 atom stereocenters. The van der Waals surface area contributed by atoms with E-state index in [4.69, 9.17) is 24.9 Å². The van der Waals surface area contributed by atoms with E-state index in [1.165, 1.54) is 0 Å². The summed E-state index contributed by atoms with van der Waals surface area (Å²) in [4.78, 5) is 14.3. The number of fused-ring (bicyclic) bond motifs is 6. The first-order chi connectivity index (χ1) is 27.7. The van der Waals surface area contributed by atoms with Crippen LogP contribution in [-0.2, 0) is 0 Å². The van der Waals surface area contributed by atoms with Gasteiger partial charge in [0.2, 0.25) is 0 Å². The second-order valence-electron chi connectivity index (χ2n) is 11.9. The Labute approximate surface area is 297 Å². The topological polar surface area (TPSA) is 56.7 Å². The number of hydrogen-bond donors (Lipinski definition) is 0. The zero-order chi connectivity index (χ0) is 39.1. The van der Waals surface area contributed by atoms with E-state index in [1.807, 2.05) is 115 Å². The van der Waals surface area contributed by atoms with Gasteiger partial charge in [0.15, 0.2) is 17.5 Å². The van der Waals surface area contributed by atoms with Crippen molar-refractivity contribution in [2.45, 2.75) is 0 Å². The lowest BCUT2D eigenvalue weighted by Crippen LogP contribution is -2.00. The van der Waals surface area contributed by atoms with Gasteiger partial charge in [-0.15, -0.1) is 0 Å². The number of nitrogens with zero attached hydrogens (tertiary/aromatic N) is 4. The highest BCUT2D eigenvalue weighted by Gasteiger charge is 2.18. The summed E-state index contributed by atoms with van der Waals surface area (Å²) >= 11 is 0. The van der Waals surface area contributed by atoms with Gasteiger partial charge in [-0.25, -0.2) is 15.0 Å². The predicted octanol–water partition coefficient (Wildman–Crippen LogP) is 11.5. The zero-order valence-electron chi connectivity index (χ0n) is 33.3. The summed E-state index contributed by atoms with van der Waals surface area (Å²) in [6, 6.07) is 37.6. The molecule has 0 aliphatic heterocycles. The Morgan fingerprint density at radius 3 is 1.76 bits per heavy atom. The molecule has 0 aliphatic carbocycles. The minimum atomic E-state index is -0.479. The minimum Gasteiger partial charge on any atom is -0.456 e. The van der Waals surface area contributed by atoms with E-state index in [1.54, 1.807) is 10.6 Å². The number of benzene rings is 7. The van der Waals surface area contributed by atoms with Gasteiger partial charge < -0.3 is 8.98 Å². The maximum absolute atomic E-state index is 9.83. The Morgan fingerprint density at radius 2 is 1.06 bits per heavy atom. The lowest BCUT2D eigenvalue weighted by atomic mass is 10.0. The summed E-state index contributed by atoms with van der Waals surface area (Å²) in [5, 5.41) is 1.82. The molecule has 10 aromatic rings. The fourth-order valence-corrected chi connectivity index (χ4v) is 6.52. The van der Waals surface area contributed by atoms with E-state index in [2.05, 4.69) is 6.07 Å². The van der Waals surface area contributed by atoms with Crippen LogP contribution in [-0.4, -0.2) is 19.5 Å². The third-order valence-electron chi connectivity index (χ3n) is 8.90. The van der Waals surface area contributed by atoms with Crippen LogP contribution < -0.4 is 0 Å². The van der Waals surface area contributed by atoms with Crippen LogP contribution in [0.25, 0.3) is 94.7 Å². The molecule has 7 aromatic carbocycles. The van der Waals surface area contributed by atoms with Gasteiger partial charge in [0.1, 0.15) is 11.2 Å². The first kappa shape index (κ1) is 21.9. The van der Waals surface area contributed by atoms with Crippen LogP contribution >= 0.6 is 0 Å². The van der Waals surface area contributed by atoms with E-state index in [0.717, 1.165) is 21.9 Å². The summed E-state index contributed by atoms with van der Waals surface area (Å²) in [5.74, 6) is 0.637. The molecular formula is C45H28N4O. The molecule has 0 fully saturated rings. The van der Waals surface area contributed by atoms with E-state index in [9.17, 15) is 4.11 Å². The Kier molecular flexibility index (Phi) is 4.99. The standard InChI is InChI=1S/C45H28N4O/c1-4-12-29(13-5-1)32-21-25-41-38(26-32)37-24-22-34(28-42(37)50-41)49-39-19-11-10-18-35(39)36-23-20-33(27-40(36)49)45-47-43(30-14-6-2-7-15-30)46-44(48-45)31-16-8-3-9-17-31/h1-28H/i10D,11D,18D,19D,20D,23D,27D. The van der Waals surface area contributed by atoms with Crippen LogP contribution in [0.4, 0.5) is 0 Å². The van der Waals surface area contributed by atoms with E-state index in [-0.39, 0.29) is 63.4 Å². The summed E-state index contributed by atoms with van der Waals surface area (Å²) in [5.41, 5.74) is 5.24. The van der Waals surface area contributed by atoms with Gasteiger partial charge >= 0.3 is 0 Å². The third kappa shape index (κ3) is 4.67.